The SMILES string of the molecule is CCCN1CC=C(c2c[nH]c3ccc(OC)cc23)CC1.CCCN1CC=C(c2c[nH]c3ccc(OC)cc23)CC1.O=C([O-])/C=C/C(=O)[O-]. The molecule has 0 unspecified atom stereocenters. The number of nitrogens with zero attached hydrogens (tertiary/aromatic N) is 2. The first-order chi connectivity index (χ1) is 23.3. The van der Waals surface area contributed by atoms with Crippen molar-refractivity contribution in [3.05, 3.63) is 84.2 Å². The lowest BCUT2D eigenvalue weighted by atomic mass is 9.99. The highest BCUT2D eigenvalue weighted by atomic mass is 16.5. The zero-order chi connectivity index (χ0) is 34.5. The van der Waals surface area contributed by atoms with Gasteiger partial charge in [0, 0.05) is 71.5 Å². The minimum absolute atomic E-state index is 0.384. The van der Waals surface area contributed by atoms with E-state index < -0.39 is 11.9 Å². The van der Waals surface area contributed by atoms with Crippen LogP contribution in [0.2, 0.25) is 0 Å². The third-order valence-electron chi connectivity index (χ3n) is 8.49. The molecular formula is C38H46N4O6-2. The number of carboxylic acid groups (broad SMARTS) is 2. The number of benzene rings is 2. The maximum atomic E-state index is 9.41. The second-order valence-electron chi connectivity index (χ2n) is 11.8. The van der Waals surface area contributed by atoms with Crippen molar-refractivity contribution in [1.82, 2.24) is 19.8 Å². The van der Waals surface area contributed by atoms with Crippen LogP contribution in [-0.4, -0.2) is 85.2 Å². The number of aromatic nitrogens is 2. The first kappa shape index (κ1) is 36.0. The molecule has 0 radical (unpaired) electrons. The number of aliphatic carboxylic acids is 2. The van der Waals surface area contributed by atoms with E-state index in [1.54, 1.807) is 14.2 Å². The van der Waals surface area contributed by atoms with Crippen molar-refractivity contribution in [1.29, 1.82) is 0 Å². The van der Waals surface area contributed by atoms with Gasteiger partial charge in [-0.1, -0.05) is 26.0 Å². The lowest BCUT2D eigenvalue weighted by Crippen LogP contribution is -2.29. The number of methoxy groups -OCH3 is 2. The van der Waals surface area contributed by atoms with Crippen molar-refractivity contribution in [2.24, 2.45) is 0 Å². The number of carbonyl (C=O) groups is 2. The second kappa shape index (κ2) is 17.9. The molecule has 0 bridgehead atoms. The van der Waals surface area contributed by atoms with Crippen molar-refractivity contribution in [2.75, 3.05) is 53.5 Å². The minimum atomic E-state index is -1.55. The van der Waals surface area contributed by atoms with Crippen molar-refractivity contribution < 1.29 is 29.3 Å². The number of ether oxygens (including phenoxy) is 2. The van der Waals surface area contributed by atoms with E-state index in [1.165, 1.54) is 70.0 Å². The third-order valence-corrected chi connectivity index (χ3v) is 8.49. The molecule has 0 saturated carbocycles. The first-order valence-corrected chi connectivity index (χ1v) is 16.5. The number of hydrogen-bond acceptors (Lipinski definition) is 8. The van der Waals surface area contributed by atoms with Crippen LogP contribution in [0.25, 0.3) is 33.0 Å². The number of nitrogens with one attached hydrogen (secondary N) is 2. The average molecular weight is 655 g/mol. The van der Waals surface area contributed by atoms with Crippen LogP contribution in [0, 0.1) is 0 Å². The summed E-state index contributed by atoms with van der Waals surface area (Å²) in [4.78, 5) is 30.6. The van der Waals surface area contributed by atoms with Crippen molar-refractivity contribution in [3.8, 4) is 11.5 Å². The van der Waals surface area contributed by atoms with Gasteiger partial charge < -0.3 is 39.2 Å². The van der Waals surface area contributed by atoms with Gasteiger partial charge in [0.2, 0.25) is 0 Å². The molecule has 0 aliphatic carbocycles. The highest BCUT2D eigenvalue weighted by molar-refractivity contribution is 5.94. The normalized spacial score (nSPS) is 15.2. The fourth-order valence-corrected chi connectivity index (χ4v) is 6.07. The summed E-state index contributed by atoms with van der Waals surface area (Å²) in [7, 11) is 3.44. The Hall–Kier alpha value is -4.80. The molecule has 2 aromatic carbocycles. The quantitative estimate of drug-likeness (QED) is 0.240. The Morgan fingerprint density at radius 2 is 1.15 bits per heavy atom. The average Bonchev–Trinajstić information content (AvgIpc) is 3.73. The summed E-state index contributed by atoms with van der Waals surface area (Å²) < 4.78 is 10.7. The van der Waals surface area contributed by atoms with Gasteiger partial charge in [-0.25, -0.2) is 0 Å². The molecular weight excluding hydrogens is 608 g/mol. The van der Waals surface area contributed by atoms with Gasteiger partial charge in [-0.3, -0.25) is 9.80 Å². The number of H-pyrrole nitrogens is 2. The highest BCUT2D eigenvalue weighted by Crippen LogP contribution is 2.32. The maximum Gasteiger partial charge on any atom is 0.119 e. The summed E-state index contributed by atoms with van der Waals surface area (Å²) >= 11 is 0. The number of carboxylic acids is 2. The molecule has 0 saturated heterocycles. The van der Waals surface area contributed by atoms with Gasteiger partial charge in [-0.05, 0) is 98.5 Å². The number of carbonyl (C=O) groups excluding carboxylic acids is 2. The lowest BCUT2D eigenvalue weighted by molar-refractivity contribution is -0.301. The smallest absolute Gasteiger partial charge is 0.119 e. The Kier molecular flexibility index (Phi) is 13.5. The van der Waals surface area contributed by atoms with Gasteiger partial charge in [-0.2, -0.15) is 0 Å². The van der Waals surface area contributed by atoms with Crippen LogP contribution >= 0.6 is 0 Å². The van der Waals surface area contributed by atoms with Gasteiger partial charge in [-0.15, -0.1) is 0 Å². The van der Waals surface area contributed by atoms with E-state index in [9.17, 15) is 19.8 Å². The van der Waals surface area contributed by atoms with Crippen LogP contribution < -0.4 is 19.7 Å². The molecule has 4 aromatic rings. The topological polar surface area (TPSA) is 137 Å². The molecule has 4 heterocycles. The summed E-state index contributed by atoms with van der Waals surface area (Å²) in [6.45, 7) is 11.3. The van der Waals surface area contributed by atoms with E-state index in [2.05, 4.69) is 82.4 Å². The summed E-state index contributed by atoms with van der Waals surface area (Å²) in [5.74, 6) is -1.26. The molecule has 48 heavy (non-hydrogen) atoms. The van der Waals surface area contributed by atoms with Gasteiger partial charge in [0.05, 0.1) is 26.2 Å². The number of hydrogen-bond donors (Lipinski definition) is 2. The van der Waals surface area contributed by atoms with Gasteiger partial charge >= 0.3 is 0 Å². The molecule has 2 aliphatic rings. The third kappa shape index (κ3) is 9.85. The van der Waals surface area contributed by atoms with E-state index in [4.69, 9.17) is 9.47 Å². The molecule has 0 amide bonds. The van der Waals surface area contributed by atoms with Crippen molar-refractivity contribution in [2.45, 2.75) is 39.5 Å². The van der Waals surface area contributed by atoms with Crippen LogP contribution in [0.1, 0.15) is 50.7 Å². The number of fused-ring (bicyclic) bond motifs is 2. The molecule has 0 spiro atoms. The highest BCUT2D eigenvalue weighted by Gasteiger charge is 2.16. The first-order valence-electron chi connectivity index (χ1n) is 16.5. The van der Waals surface area contributed by atoms with Gasteiger partial charge in [0.15, 0.2) is 0 Å². The maximum absolute atomic E-state index is 9.41. The van der Waals surface area contributed by atoms with Gasteiger partial charge in [0.1, 0.15) is 11.5 Å². The Bertz CT molecular complexity index is 1640. The lowest BCUT2D eigenvalue weighted by Gasteiger charge is -2.25. The molecule has 2 aromatic heterocycles. The summed E-state index contributed by atoms with van der Waals surface area (Å²) in [6, 6.07) is 12.4. The predicted octanol–water partition coefficient (Wildman–Crippen LogP) is 4.39. The summed E-state index contributed by atoms with van der Waals surface area (Å²) in [6.07, 6.45) is 14.5. The molecule has 6 rings (SSSR count). The summed E-state index contributed by atoms with van der Waals surface area (Å²) in [5.41, 5.74) is 7.93. The predicted molar refractivity (Wildman–Crippen MR) is 188 cm³/mol. The van der Waals surface area contributed by atoms with Gasteiger partial charge in [0.25, 0.3) is 0 Å². The fraction of sp³-hybridized carbons (Fsp3) is 0.368. The zero-order valence-corrected chi connectivity index (χ0v) is 28.3. The molecule has 256 valence electrons. The van der Waals surface area contributed by atoms with Crippen LogP contribution in [0.15, 0.2) is 73.1 Å². The van der Waals surface area contributed by atoms with Crippen molar-refractivity contribution in [3.63, 3.8) is 0 Å². The van der Waals surface area contributed by atoms with Crippen LogP contribution in [0.3, 0.4) is 0 Å². The van der Waals surface area contributed by atoms with E-state index in [1.807, 2.05) is 12.1 Å². The van der Waals surface area contributed by atoms with Crippen LogP contribution in [0.4, 0.5) is 0 Å². The monoisotopic (exact) mass is 654 g/mol. The van der Waals surface area contributed by atoms with Crippen molar-refractivity contribution >= 4 is 44.9 Å². The Morgan fingerprint density at radius 3 is 1.46 bits per heavy atom. The standard InChI is InChI=1S/2C17H22N2O.C4H4O4/c2*1-3-8-19-9-6-13(7-10-19)16-12-18-17-5-4-14(20-2)11-15(16)17;5-3(6)1-2-4(7)8/h2*4-6,11-12,18H,3,7-10H2,1-2H3;1-2H,(H,5,6)(H,7,8)/p-2/b;;2-1+. The van der Waals surface area contributed by atoms with Crippen LogP contribution in [-0.2, 0) is 9.59 Å². The molecule has 10 nitrogen and oxygen atoms in total. The number of rotatable bonds is 10. The van der Waals surface area contributed by atoms with E-state index in [-0.39, 0.29) is 0 Å². The molecule has 2 N–H and O–H groups in total. The van der Waals surface area contributed by atoms with E-state index in [0.29, 0.717) is 12.2 Å². The molecule has 2 aliphatic heterocycles. The minimum Gasteiger partial charge on any atom is -0.545 e. The van der Waals surface area contributed by atoms with E-state index >= 15 is 0 Å². The Labute approximate surface area is 282 Å². The van der Waals surface area contributed by atoms with Crippen LogP contribution in [0.5, 0.6) is 11.5 Å². The van der Waals surface area contributed by atoms with E-state index in [0.717, 1.165) is 50.5 Å². The molecule has 0 atom stereocenters. The second-order valence-corrected chi connectivity index (χ2v) is 11.8. The largest absolute Gasteiger partial charge is 0.545 e. The molecule has 0 fully saturated rings. The Morgan fingerprint density at radius 1 is 0.729 bits per heavy atom. The Balaban J connectivity index is 0.000000178. The zero-order valence-electron chi connectivity index (χ0n) is 28.3. The summed E-state index contributed by atoms with van der Waals surface area (Å²) in [5, 5.41) is 21.4. The fourth-order valence-electron chi connectivity index (χ4n) is 6.07. The molecule has 10 heteroatoms. The number of aromatic amines is 2.